The number of aromatic nitrogens is 3. The van der Waals surface area contributed by atoms with Gasteiger partial charge in [-0.05, 0) is 42.7 Å². The first-order chi connectivity index (χ1) is 12.1. The van der Waals surface area contributed by atoms with Crippen LogP contribution in [0.1, 0.15) is 10.4 Å². The molecule has 2 aromatic carbocycles. The number of anilines is 1. The van der Waals surface area contributed by atoms with E-state index in [0.717, 1.165) is 4.90 Å². The molecule has 0 aliphatic heterocycles. The summed E-state index contributed by atoms with van der Waals surface area (Å²) in [6.07, 6.45) is 4.60. The Morgan fingerprint density at radius 1 is 1.24 bits per heavy atom. The minimum Gasteiger partial charge on any atom is -0.322 e. The van der Waals surface area contributed by atoms with Crippen LogP contribution in [0.15, 0.2) is 60.0 Å². The van der Waals surface area contributed by atoms with Crippen LogP contribution in [0.4, 0.5) is 11.4 Å². The summed E-state index contributed by atoms with van der Waals surface area (Å²) >= 11 is 1.60. The van der Waals surface area contributed by atoms with Gasteiger partial charge in [0.1, 0.15) is 18.3 Å². The Hall–Kier alpha value is -3.20. The first-order valence-electron chi connectivity index (χ1n) is 7.17. The average molecular weight is 355 g/mol. The van der Waals surface area contributed by atoms with Gasteiger partial charge >= 0.3 is 0 Å². The highest BCUT2D eigenvalue weighted by Gasteiger charge is 2.19. The molecule has 0 aliphatic carbocycles. The average Bonchev–Trinajstić information content (AvgIpc) is 3.16. The highest BCUT2D eigenvalue weighted by atomic mass is 32.2. The number of nitrogens with zero attached hydrogens (tertiary/aromatic N) is 4. The molecule has 0 aliphatic rings. The van der Waals surface area contributed by atoms with Gasteiger partial charge in [0.25, 0.3) is 11.6 Å². The van der Waals surface area contributed by atoms with Gasteiger partial charge in [-0.15, -0.1) is 11.8 Å². The third-order valence-electron chi connectivity index (χ3n) is 3.45. The molecular formula is C16H13N5O3S. The molecule has 0 spiro atoms. The summed E-state index contributed by atoms with van der Waals surface area (Å²) < 4.78 is 1.28. The molecule has 0 atom stereocenters. The topological polar surface area (TPSA) is 103 Å². The summed E-state index contributed by atoms with van der Waals surface area (Å²) in [6, 6.07) is 11.5. The van der Waals surface area contributed by atoms with E-state index in [2.05, 4.69) is 15.4 Å². The van der Waals surface area contributed by atoms with Crippen molar-refractivity contribution in [2.45, 2.75) is 4.90 Å². The van der Waals surface area contributed by atoms with E-state index < -0.39 is 10.8 Å². The van der Waals surface area contributed by atoms with E-state index >= 15 is 0 Å². The lowest BCUT2D eigenvalue weighted by atomic mass is 10.1. The zero-order valence-electron chi connectivity index (χ0n) is 13.1. The Morgan fingerprint density at radius 3 is 2.60 bits per heavy atom. The quantitative estimate of drug-likeness (QED) is 0.428. The molecule has 0 saturated heterocycles. The molecule has 1 heterocycles. The summed E-state index contributed by atoms with van der Waals surface area (Å²) in [4.78, 5) is 28.0. The van der Waals surface area contributed by atoms with Gasteiger partial charge in [-0.2, -0.15) is 5.10 Å². The summed E-state index contributed by atoms with van der Waals surface area (Å²) in [6.45, 7) is 0. The summed E-state index contributed by atoms with van der Waals surface area (Å²) in [5.74, 6) is -0.426. The number of nitro benzene ring substituents is 1. The van der Waals surface area contributed by atoms with Gasteiger partial charge in [0, 0.05) is 22.2 Å². The molecule has 126 valence electrons. The normalized spacial score (nSPS) is 10.4. The minimum absolute atomic E-state index is 0.185. The van der Waals surface area contributed by atoms with Gasteiger partial charge in [0.15, 0.2) is 0 Å². The van der Waals surface area contributed by atoms with Crippen LogP contribution in [0, 0.1) is 10.1 Å². The van der Waals surface area contributed by atoms with Gasteiger partial charge in [0.05, 0.1) is 4.92 Å². The van der Waals surface area contributed by atoms with Crippen LogP contribution in [0.2, 0.25) is 0 Å². The fraction of sp³-hybridized carbons (Fsp3) is 0.0625. The first kappa shape index (κ1) is 16.7. The Kier molecular flexibility index (Phi) is 4.75. The van der Waals surface area contributed by atoms with Gasteiger partial charge in [0.2, 0.25) is 0 Å². The zero-order valence-corrected chi connectivity index (χ0v) is 13.9. The maximum atomic E-state index is 12.4. The molecule has 0 saturated carbocycles. The number of thioether (sulfide) groups is 1. The summed E-state index contributed by atoms with van der Waals surface area (Å²) in [5, 5.41) is 17.9. The van der Waals surface area contributed by atoms with Crippen LogP contribution in [0.25, 0.3) is 5.69 Å². The molecular weight excluding hydrogens is 342 g/mol. The SMILES string of the molecule is CSc1ccc(NC(=O)c2ccc(-n3cncn3)c([N+](=O)[O-])c2)cc1. The van der Waals surface area contributed by atoms with Crippen molar-refractivity contribution in [2.75, 3.05) is 11.6 Å². The standard InChI is InChI=1S/C16H13N5O3S/c1-25-13-5-3-12(4-6-13)19-16(22)11-2-7-14(15(8-11)21(23)24)20-10-17-9-18-20/h2-10H,1H3,(H,19,22). The van der Waals surface area contributed by atoms with E-state index in [1.54, 1.807) is 23.9 Å². The van der Waals surface area contributed by atoms with E-state index in [4.69, 9.17) is 0 Å². The van der Waals surface area contributed by atoms with E-state index in [0.29, 0.717) is 5.69 Å². The Bertz CT molecular complexity index is 910. The fourth-order valence-electron chi connectivity index (χ4n) is 2.21. The third kappa shape index (κ3) is 3.66. The molecule has 0 unspecified atom stereocenters. The number of benzene rings is 2. The van der Waals surface area contributed by atoms with Crippen molar-refractivity contribution in [3.05, 3.63) is 70.8 Å². The van der Waals surface area contributed by atoms with E-state index in [-0.39, 0.29) is 16.9 Å². The second-order valence-corrected chi connectivity index (χ2v) is 5.86. The highest BCUT2D eigenvalue weighted by Crippen LogP contribution is 2.24. The number of carbonyl (C=O) groups is 1. The second kappa shape index (κ2) is 7.14. The largest absolute Gasteiger partial charge is 0.322 e. The second-order valence-electron chi connectivity index (χ2n) is 4.98. The van der Waals surface area contributed by atoms with Crippen molar-refractivity contribution in [3.8, 4) is 5.69 Å². The molecule has 3 aromatic rings. The monoisotopic (exact) mass is 355 g/mol. The predicted molar refractivity (Wildman–Crippen MR) is 94.2 cm³/mol. The van der Waals surface area contributed by atoms with Crippen molar-refractivity contribution in [2.24, 2.45) is 0 Å². The van der Waals surface area contributed by atoms with Crippen LogP contribution in [-0.4, -0.2) is 31.9 Å². The van der Waals surface area contributed by atoms with Crippen LogP contribution in [0.3, 0.4) is 0 Å². The molecule has 0 radical (unpaired) electrons. The maximum absolute atomic E-state index is 12.4. The number of carbonyl (C=O) groups excluding carboxylic acids is 1. The van der Waals surface area contributed by atoms with Crippen molar-refractivity contribution in [1.29, 1.82) is 0 Å². The van der Waals surface area contributed by atoms with E-state index in [1.807, 2.05) is 18.4 Å². The Morgan fingerprint density at radius 2 is 2.00 bits per heavy atom. The molecule has 3 rings (SSSR count). The summed E-state index contributed by atoms with van der Waals surface area (Å²) in [7, 11) is 0. The van der Waals surface area contributed by atoms with Crippen molar-refractivity contribution < 1.29 is 9.72 Å². The lowest BCUT2D eigenvalue weighted by Crippen LogP contribution is -2.13. The molecule has 1 N–H and O–H groups in total. The zero-order chi connectivity index (χ0) is 17.8. The van der Waals surface area contributed by atoms with Gasteiger partial charge in [-0.25, -0.2) is 9.67 Å². The van der Waals surface area contributed by atoms with E-state index in [1.165, 1.54) is 35.5 Å². The van der Waals surface area contributed by atoms with Crippen LogP contribution < -0.4 is 5.32 Å². The number of nitrogens with one attached hydrogen (secondary N) is 1. The smallest absolute Gasteiger partial charge is 0.295 e. The minimum atomic E-state index is -0.555. The first-order valence-corrected chi connectivity index (χ1v) is 8.40. The highest BCUT2D eigenvalue weighted by molar-refractivity contribution is 7.98. The third-order valence-corrected chi connectivity index (χ3v) is 4.19. The Labute approximate surface area is 147 Å². The van der Waals surface area contributed by atoms with Crippen molar-refractivity contribution in [1.82, 2.24) is 14.8 Å². The number of rotatable bonds is 5. The lowest BCUT2D eigenvalue weighted by molar-refractivity contribution is -0.384. The maximum Gasteiger partial charge on any atom is 0.295 e. The molecule has 25 heavy (non-hydrogen) atoms. The van der Waals surface area contributed by atoms with Crippen LogP contribution >= 0.6 is 11.8 Å². The van der Waals surface area contributed by atoms with Gasteiger partial charge in [-0.1, -0.05) is 0 Å². The summed E-state index contributed by atoms with van der Waals surface area (Å²) in [5.41, 5.74) is 0.814. The number of hydrogen-bond donors (Lipinski definition) is 1. The van der Waals surface area contributed by atoms with Crippen molar-refractivity contribution >= 4 is 29.0 Å². The predicted octanol–water partition coefficient (Wildman–Crippen LogP) is 3.15. The molecule has 8 nitrogen and oxygen atoms in total. The van der Waals surface area contributed by atoms with Crippen LogP contribution in [0.5, 0.6) is 0 Å². The number of amides is 1. The number of nitro groups is 1. The number of hydrogen-bond acceptors (Lipinski definition) is 6. The molecule has 1 amide bonds. The van der Waals surface area contributed by atoms with Crippen molar-refractivity contribution in [3.63, 3.8) is 0 Å². The Balaban J connectivity index is 1.87. The molecule has 0 fully saturated rings. The molecule has 9 heteroatoms. The van der Waals surface area contributed by atoms with E-state index in [9.17, 15) is 14.9 Å². The van der Waals surface area contributed by atoms with Gasteiger partial charge in [-0.3, -0.25) is 14.9 Å². The lowest BCUT2D eigenvalue weighted by Gasteiger charge is -2.08. The van der Waals surface area contributed by atoms with Gasteiger partial charge < -0.3 is 5.32 Å². The molecule has 0 bridgehead atoms. The van der Waals surface area contributed by atoms with Crippen LogP contribution in [-0.2, 0) is 0 Å². The fourth-order valence-corrected chi connectivity index (χ4v) is 2.62. The molecule has 1 aromatic heterocycles.